The SMILES string of the molecule is CC(=O)Nc1ccc(NC(=O)Nc2ccc(-c3nc(N4CCOCC4)c4ccc(-c5cnn(C)c5)cc4n3)cc2)c(F)c1. The van der Waals surface area contributed by atoms with Crippen molar-refractivity contribution in [1.29, 1.82) is 0 Å². The van der Waals surface area contributed by atoms with Crippen LogP contribution in [0.5, 0.6) is 0 Å². The summed E-state index contributed by atoms with van der Waals surface area (Å²) in [5, 5.41) is 12.9. The number of urea groups is 1. The summed E-state index contributed by atoms with van der Waals surface area (Å²) in [5.41, 5.74) is 4.36. The molecular weight excluding hydrogens is 551 g/mol. The molecule has 0 radical (unpaired) electrons. The van der Waals surface area contributed by atoms with Gasteiger partial charge in [-0.2, -0.15) is 5.10 Å². The molecule has 1 aliphatic heterocycles. The highest BCUT2D eigenvalue weighted by Crippen LogP contribution is 2.32. The zero-order chi connectivity index (χ0) is 29.9. The molecule has 43 heavy (non-hydrogen) atoms. The van der Waals surface area contributed by atoms with Gasteiger partial charge in [0.15, 0.2) is 5.82 Å². The van der Waals surface area contributed by atoms with Crippen molar-refractivity contribution >= 4 is 45.7 Å². The summed E-state index contributed by atoms with van der Waals surface area (Å²) in [7, 11) is 1.88. The Balaban J connectivity index is 1.24. The van der Waals surface area contributed by atoms with Crippen molar-refractivity contribution in [2.24, 2.45) is 7.05 Å². The molecule has 1 aliphatic rings. The van der Waals surface area contributed by atoms with Crippen molar-refractivity contribution in [1.82, 2.24) is 19.7 Å². The number of nitrogens with zero attached hydrogens (tertiary/aromatic N) is 5. The molecule has 6 rings (SSSR count). The minimum atomic E-state index is -0.673. The Morgan fingerprint density at radius 1 is 0.860 bits per heavy atom. The van der Waals surface area contributed by atoms with Crippen LogP contribution < -0.4 is 20.9 Å². The summed E-state index contributed by atoms with van der Waals surface area (Å²) in [6.07, 6.45) is 3.78. The smallest absolute Gasteiger partial charge is 0.323 e. The Bertz CT molecular complexity index is 1820. The third kappa shape index (κ3) is 6.28. The fourth-order valence-electron chi connectivity index (χ4n) is 4.89. The molecule has 0 spiro atoms. The van der Waals surface area contributed by atoms with Crippen molar-refractivity contribution in [2.45, 2.75) is 6.92 Å². The molecule has 1 saturated heterocycles. The van der Waals surface area contributed by atoms with Crippen molar-refractivity contribution in [2.75, 3.05) is 47.2 Å². The van der Waals surface area contributed by atoms with Crippen molar-refractivity contribution in [3.63, 3.8) is 0 Å². The van der Waals surface area contributed by atoms with Gasteiger partial charge >= 0.3 is 6.03 Å². The van der Waals surface area contributed by atoms with Gasteiger partial charge in [0.05, 0.1) is 30.6 Å². The summed E-state index contributed by atoms with van der Waals surface area (Å²) in [5.74, 6) is 0.402. The Labute approximate surface area is 246 Å². The average molecular weight is 581 g/mol. The number of nitrogens with one attached hydrogen (secondary N) is 3. The zero-order valence-electron chi connectivity index (χ0n) is 23.6. The van der Waals surface area contributed by atoms with Gasteiger partial charge in [0.25, 0.3) is 0 Å². The van der Waals surface area contributed by atoms with E-state index in [-0.39, 0.29) is 11.6 Å². The number of ether oxygens (including phenoxy) is 1. The van der Waals surface area contributed by atoms with Crippen LogP contribution in [-0.2, 0) is 16.6 Å². The first-order valence-corrected chi connectivity index (χ1v) is 13.7. The fourth-order valence-corrected chi connectivity index (χ4v) is 4.89. The summed E-state index contributed by atoms with van der Waals surface area (Å²) >= 11 is 0. The number of carbonyl (C=O) groups is 2. The molecule has 12 heteroatoms. The molecule has 5 aromatic rings. The fraction of sp³-hybridized carbons (Fsp3) is 0.194. The third-order valence-corrected chi connectivity index (χ3v) is 6.96. The minimum absolute atomic E-state index is 0.0194. The van der Waals surface area contributed by atoms with E-state index >= 15 is 0 Å². The largest absolute Gasteiger partial charge is 0.378 e. The average Bonchev–Trinajstić information content (AvgIpc) is 3.44. The van der Waals surface area contributed by atoms with E-state index in [1.165, 1.54) is 19.1 Å². The van der Waals surface area contributed by atoms with E-state index in [0.717, 1.165) is 52.6 Å². The van der Waals surface area contributed by atoms with Gasteiger partial charge in [-0.05, 0) is 60.2 Å². The molecule has 3 aromatic carbocycles. The zero-order valence-corrected chi connectivity index (χ0v) is 23.6. The number of hydrogen-bond donors (Lipinski definition) is 3. The van der Waals surface area contributed by atoms with Crippen molar-refractivity contribution < 1.29 is 18.7 Å². The molecule has 1 fully saturated rings. The second-order valence-corrected chi connectivity index (χ2v) is 10.1. The highest BCUT2D eigenvalue weighted by atomic mass is 19.1. The Hall–Kier alpha value is -5.36. The Morgan fingerprint density at radius 3 is 2.30 bits per heavy atom. The number of carbonyl (C=O) groups excluding carboxylic acids is 2. The van der Waals surface area contributed by atoms with Crippen LogP contribution in [0.1, 0.15) is 6.92 Å². The molecule has 0 bridgehead atoms. The van der Waals surface area contributed by atoms with Gasteiger partial charge in [-0.15, -0.1) is 0 Å². The first-order valence-electron chi connectivity index (χ1n) is 13.7. The molecular formula is C31H29FN8O3. The highest BCUT2D eigenvalue weighted by molar-refractivity contribution is 6.00. The van der Waals surface area contributed by atoms with Gasteiger partial charge in [-0.3, -0.25) is 9.48 Å². The lowest BCUT2D eigenvalue weighted by Gasteiger charge is -2.29. The van der Waals surface area contributed by atoms with Crippen LogP contribution in [0.3, 0.4) is 0 Å². The van der Waals surface area contributed by atoms with E-state index in [1.54, 1.807) is 16.8 Å². The number of anilines is 4. The molecule has 0 saturated carbocycles. The topological polar surface area (TPSA) is 126 Å². The number of hydrogen-bond acceptors (Lipinski definition) is 7. The number of amides is 3. The van der Waals surface area contributed by atoms with Crippen LogP contribution >= 0.6 is 0 Å². The lowest BCUT2D eigenvalue weighted by molar-refractivity contribution is -0.114. The first kappa shape index (κ1) is 27.8. The van der Waals surface area contributed by atoms with Gasteiger partial charge in [0.2, 0.25) is 5.91 Å². The van der Waals surface area contributed by atoms with Gasteiger partial charge in [0, 0.05) is 61.1 Å². The van der Waals surface area contributed by atoms with Crippen LogP contribution in [0.15, 0.2) is 73.1 Å². The van der Waals surface area contributed by atoms with Crippen molar-refractivity contribution in [3.05, 3.63) is 78.9 Å². The van der Waals surface area contributed by atoms with Gasteiger partial charge in [-0.1, -0.05) is 6.07 Å². The van der Waals surface area contributed by atoms with Crippen LogP contribution in [0.4, 0.5) is 32.1 Å². The Kier molecular flexibility index (Phi) is 7.67. The molecule has 2 aromatic heterocycles. The molecule has 0 atom stereocenters. The van der Waals surface area contributed by atoms with Crippen LogP contribution in [0.2, 0.25) is 0 Å². The summed E-state index contributed by atoms with van der Waals surface area (Å²) in [4.78, 5) is 35.8. The summed E-state index contributed by atoms with van der Waals surface area (Å²) in [6, 6.07) is 16.7. The second-order valence-electron chi connectivity index (χ2n) is 10.1. The molecule has 3 heterocycles. The second kappa shape index (κ2) is 11.9. The molecule has 11 nitrogen and oxygen atoms in total. The van der Waals surface area contributed by atoms with E-state index in [0.29, 0.717) is 30.4 Å². The van der Waals surface area contributed by atoms with Crippen LogP contribution in [-0.4, -0.2) is 58.0 Å². The maximum atomic E-state index is 14.4. The number of aryl methyl sites for hydroxylation is 1. The number of rotatable bonds is 6. The molecule has 218 valence electrons. The van der Waals surface area contributed by atoms with Crippen LogP contribution in [0, 0.1) is 5.82 Å². The van der Waals surface area contributed by atoms with Crippen molar-refractivity contribution in [3.8, 4) is 22.5 Å². The quantitative estimate of drug-likeness (QED) is 0.250. The summed E-state index contributed by atoms with van der Waals surface area (Å²) < 4.78 is 21.7. The number of fused-ring (bicyclic) bond motifs is 1. The molecule has 0 aliphatic carbocycles. The normalized spacial score (nSPS) is 13.1. The predicted octanol–water partition coefficient (Wildman–Crippen LogP) is 5.28. The first-order chi connectivity index (χ1) is 20.8. The minimum Gasteiger partial charge on any atom is -0.378 e. The van der Waals surface area contributed by atoms with E-state index in [9.17, 15) is 14.0 Å². The lowest BCUT2D eigenvalue weighted by atomic mass is 10.1. The van der Waals surface area contributed by atoms with Crippen LogP contribution in [0.25, 0.3) is 33.4 Å². The molecule has 3 amide bonds. The van der Waals surface area contributed by atoms with E-state index in [4.69, 9.17) is 14.7 Å². The monoisotopic (exact) mass is 580 g/mol. The van der Waals surface area contributed by atoms with E-state index in [1.807, 2.05) is 43.7 Å². The van der Waals surface area contributed by atoms with Gasteiger partial charge in [-0.25, -0.2) is 19.2 Å². The highest BCUT2D eigenvalue weighted by Gasteiger charge is 2.19. The standard InChI is InChI=1S/C31H29FN8O3/c1-19(41)34-24-8-10-27(26(32)16-24)37-31(42)35-23-6-3-20(4-7-23)29-36-28-15-21(22-17-33-39(2)18-22)5-9-25(28)30(38-29)40-11-13-43-14-12-40/h3-10,15-18H,11-14H2,1-2H3,(H,34,41)(H2,35,37,42). The third-order valence-electron chi connectivity index (χ3n) is 6.96. The number of morpholine rings is 1. The molecule has 3 N–H and O–H groups in total. The maximum Gasteiger partial charge on any atom is 0.323 e. The summed E-state index contributed by atoms with van der Waals surface area (Å²) in [6.45, 7) is 4.03. The number of benzene rings is 3. The van der Waals surface area contributed by atoms with E-state index in [2.05, 4.69) is 32.0 Å². The Morgan fingerprint density at radius 2 is 1.60 bits per heavy atom. The maximum absolute atomic E-state index is 14.4. The molecule has 0 unspecified atom stereocenters. The van der Waals surface area contributed by atoms with Gasteiger partial charge < -0.3 is 25.6 Å². The lowest BCUT2D eigenvalue weighted by Crippen LogP contribution is -2.37. The predicted molar refractivity (Wildman–Crippen MR) is 164 cm³/mol. The number of halogens is 1. The van der Waals surface area contributed by atoms with Gasteiger partial charge in [0.1, 0.15) is 11.6 Å². The van der Waals surface area contributed by atoms with E-state index < -0.39 is 11.8 Å². The number of aromatic nitrogens is 4.